The highest BCUT2D eigenvalue weighted by Gasteiger charge is 2.21. The number of hydrazine groups is 1. The molecule has 0 aromatic carbocycles. The molecule has 106 valence electrons. The van der Waals surface area contributed by atoms with Gasteiger partial charge in [-0.25, -0.2) is 15.8 Å². The van der Waals surface area contributed by atoms with Crippen molar-refractivity contribution in [3.8, 4) is 0 Å². The highest BCUT2D eigenvalue weighted by molar-refractivity contribution is 5.57. The highest BCUT2D eigenvalue weighted by Crippen LogP contribution is 2.26. The van der Waals surface area contributed by atoms with Gasteiger partial charge in [-0.15, -0.1) is 0 Å². The second kappa shape index (κ2) is 6.68. The molecule has 0 amide bonds. The van der Waals surface area contributed by atoms with Crippen molar-refractivity contribution in [2.75, 3.05) is 10.7 Å². The first-order valence-corrected chi connectivity index (χ1v) is 6.99. The van der Waals surface area contributed by atoms with Crippen LogP contribution in [0.1, 0.15) is 44.6 Å². The lowest BCUT2D eigenvalue weighted by molar-refractivity contribution is 0.126. The van der Waals surface area contributed by atoms with E-state index in [1.807, 2.05) is 0 Å². The van der Waals surface area contributed by atoms with Crippen LogP contribution in [-0.4, -0.2) is 27.2 Å². The molecule has 1 heterocycles. The first-order chi connectivity index (χ1) is 9.24. The van der Waals surface area contributed by atoms with Crippen LogP contribution in [0.4, 0.5) is 11.6 Å². The molecule has 1 aliphatic rings. The fraction of sp³-hybridized carbons (Fsp3) is 0.692. The molecule has 0 atom stereocenters. The quantitative estimate of drug-likeness (QED) is 0.475. The summed E-state index contributed by atoms with van der Waals surface area (Å²) in [4.78, 5) is 8.49. The monoisotopic (exact) mass is 265 g/mol. The molecule has 1 saturated carbocycles. The Morgan fingerprint density at radius 3 is 2.58 bits per heavy atom. The number of anilines is 2. The average molecular weight is 265 g/mol. The van der Waals surface area contributed by atoms with Gasteiger partial charge >= 0.3 is 0 Å². The van der Waals surface area contributed by atoms with Gasteiger partial charge in [0, 0.05) is 11.6 Å². The fourth-order valence-electron chi connectivity index (χ4n) is 2.56. The Morgan fingerprint density at radius 2 is 1.95 bits per heavy atom. The molecule has 1 fully saturated rings. The predicted molar refractivity (Wildman–Crippen MR) is 75.7 cm³/mol. The van der Waals surface area contributed by atoms with Gasteiger partial charge in [-0.05, 0) is 32.1 Å². The summed E-state index contributed by atoms with van der Waals surface area (Å²) in [6.07, 6.45) is 6.94. The van der Waals surface area contributed by atoms with Crippen LogP contribution in [0.15, 0.2) is 6.33 Å². The zero-order chi connectivity index (χ0) is 13.7. The van der Waals surface area contributed by atoms with Gasteiger partial charge in [0.25, 0.3) is 0 Å². The van der Waals surface area contributed by atoms with Crippen molar-refractivity contribution in [3.63, 3.8) is 0 Å². The molecule has 1 aromatic rings. The summed E-state index contributed by atoms with van der Waals surface area (Å²) in [7, 11) is 0. The molecule has 19 heavy (non-hydrogen) atoms. The van der Waals surface area contributed by atoms with Gasteiger partial charge in [0.2, 0.25) is 0 Å². The Bertz CT molecular complexity index is 404. The molecule has 0 bridgehead atoms. The van der Waals surface area contributed by atoms with E-state index in [4.69, 9.17) is 5.84 Å². The van der Waals surface area contributed by atoms with E-state index >= 15 is 0 Å². The van der Waals surface area contributed by atoms with Crippen molar-refractivity contribution in [3.05, 3.63) is 11.9 Å². The van der Waals surface area contributed by atoms with E-state index in [2.05, 4.69) is 27.6 Å². The van der Waals surface area contributed by atoms with Gasteiger partial charge in [-0.3, -0.25) is 0 Å². The number of rotatable bonds is 5. The molecule has 0 saturated heterocycles. The Morgan fingerprint density at radius 1 is 1.26 bits per heavy atom. The average Bonchev–Trinajstić information content (AvgIpc) is 2.43. The molecule has 0 unspecified atom stereocenters. The number of aliphatic hydroxyl groups excluding tert-OH is 1. The Kier molecular flexibility index (Phi) is 4.93. The van der Waals surface area contributed by atoms with Gasteiger partial charge < -0.3 is 15.8 Å². The van der Waals surface area contributed by atoms with Gasteiger partial charge in [0.05, 0.1) is 6.10 Å². The van der Waals surface area contributed by atoms with Gasteiger partial charge in [-0.2, -0.15) is 0 Å². The first-order valence-electron chi connectivity index (χ1n) is 6.99. The normalized spacial score (nSPS) is 23.1. The number of nitrogen functional groups attached to an aromatic ring is 1. The van der Waals surface area contributed by atoms with Crippen molar-refractivity contribution >= 4 is 11.6 Å². The minimum Gasteiger partial charge on any atom is -0.393 e. The minimum absolute atomic E-state index is 0.139. The summed E-state index contributed by atoms with van der Waals surface area (Å²) in [5, 5.41) is 13.0. The molecule has 6 heteroatoms. The van der Waals surface area contributed by atoms with Crippen molar-refractivity contribution in [1.82, 2.24) is 9.97 Å². The Hall–Kier alpha value is -1.40. The summed E-state index contributed by atoms with van der Waals surface area (Å²) >= 11 is 0. The molecule has 1 aromatic heterocycles. The van der Waals surface area contributed by atoms with E-state index in [9.17, 15) is 5.11 Å². The van der Waals surface area contributed by atoms with E-state index in [1.165, 1.54) is 6.33 Å². The summed E-state index contributed by atoms with van der Waals surface area (Å²) in [5.74, 6) is 7.06. The second-order valence-corrected chi connectivity index (χ2v) is 5.09. The molecular formula is C13H23N5O. The van der Waals surface area contributed by atoms with Crippen molar-refractivity contribution < 1.29 is 5.11 Å². The van der Waals surface area contributed by atoms with Crippen LogP contribution in [0, 0.1) is 0 Å². The van der Waals surface area contributed by atoms with Gasteiger partial charge in [-0.1, -0.05) is 13.3 Å². The fourth-order valence-corrected chi connectivity index (χ4v) is 2.56. The second-order valence-electron chi connectivity index (χ2n) is 5.09. The van der Waals surface area contributed by atoms with Gasteiger partial charge in [0.15, 0.2) is 0 Å². The topological polar surface area (TPSA) is 96.1 Å². The number of nitrogens with two attached hydrogens (primary N) is 1. The molecule has 0 aliphatic heterocycles. The summed E-state index contributed by atoms with van der Waals surface area (Å²) in [6.45, 7) is 2.12. The maximum absolute atomic E-state index is 9.53. The zero-order valence-corrected chi connectivity index (χ0v) is 11.4. The van der Waals surface area contributed by atoms with Crippen LogP contribution in [0.25, 0.3) is 0 Å². The maximum atomic E-state index is 9.53. The van der Waals surface area contributed by atoms with E-state index in [0.29, 0.717) is 11.9 Å². The van der Waals surface area contributed by atoms with Crippen molar-refractivity contribution in [2.45, 2.75) is 57.6 Å². The minimum atomic E-state index is -0.139. The molecule has 2 rings (SSSR count). The number of nitrogens with zero attached hydrogens (tertiary/aromatic N) is 2. The van der Waals surface area contributed by atoms with E-state index in [0.717, 1.165) is 49.9 Å². The predicted octanol–water partition coefficient (Wildman–Crippen LogP) is 1.43. The lowest BCUT2D eigenvalue weighted by Gasteiger charge is -2.27. The molecule has 1 aliphatic carbocycles. The number of aromatic nitrogens is 2. The zero-order valence-electron chi connectivity index (χ0n) is 11.4. The third kappa shape index (κ3) is 3.54. The molecule has 0 radical (unpaired) electrons. The maximum Gasteiger partial charge on any atom is 0.148 e. The molecule has 6 nitrogen and oxygen atoms in total. The van der Waals surface area contributed by atoms with Crippen LogP contribution in [-0.2, 0) is 6.42 Å². The molecular weight excluding hydrogens is 242 g/mol. The van der Waals surface area contributed by atoms with Crippen molar-refractivity contribution in [1.29, 1.82) is 0 Å². The Balaban J connectivity index is 2.10. The smallest absolute Gasteiger partial charge is 0.148 e. The summed E-state index contributed by atoms with van der Waals surface area (Å²) in [5.41, 5.74) is 3.67. The molecule has 0 spiro atoms. The number of hydrogen-bond donors (Lipinski definition) is 4. The van der Waals surface area contributed by atoms with E-state index in [1.54, 1.807) is 0 Å². The number of hydrogen-bond acceptors (Lipinski definition) is 6. The van der Waals surface area contributed by atoms with Crippen LogP contribution in [0.5, 0.6) is 0 Å². The van der Waals surface area contributed by atoms with Crippen LogP contribution in [0.3, 0.4) is 0 Å². The first kappa shape index (κ1) is 14.0. The van der Waals surface area contributed by atoms with Crippen molar-refractivity contribution in [2.24, 2.45) is 5.84 Å². The lowest BCUT2D eigenvalue weighted by atomic mass is 9.93. The third-order valence-corrected chi connectivity index (χ3v) is 3.62. The number of aliphatic hydroxyl groups is 1. The summed E-state index contributed by atoms with van der Waals surface area (Å²) < 4.78 is 0. The van der Waals surface area contributed by atoms with Gasteiger partial charge in [0.1, 0.15) is 18.0 Å². The number of nitrogens with one attached hydrogen (secondary N) is 2. The van der Waals surface area contributed by atoms with Crippen LogP contribution in [0.2, 0.25) is 0 Å². The van der Waals surface area contributed by atoms with Crippen LogP contribution < -0.4 is 16.6 Å². The third-order valence-electron chi connectivity index (χ3n) is 3.62. The van der Waals surface area contributed by atoms with E-state index < -0.39 is 0 Å². The largest absolute Gasteiger partial charge is 0.393 e. The standard InChI is InChI=1S/C13H23N5O/c1-2-3-11-12(15-8-16-13(11)18-14)17-9-4-6-10(19)7-5-9/h8-10,19H,2-7,14H2,1H3,(H2,15,16,17,18). The Labute approximate surface area is 113 Å². The van der Waals surface area contributed by atoms with Crippen LogP contribution >= 0.6 is 0 Å². The summed E-state index contributed by atoms with van der Waals surface area (Å²) in [6, 6.07) is 0.375. The molecule has 5 N–H and O–H groups in total. The highest BCUT2D eigenvalue weighted by atomic mass is 16.3. The lowest BCUT2D eigenvalue weighted by Crippen LogP contribution is -2.29. The SMILES string of the molecule is CCCc1c(NN)ncnc1NC1CCC(O)CC1. The van der Waals surface area contributed by atoms with E-state index in [-0.39, 0.29) is 6.10 Å².